The molecule has 0 spiro atoms. The van der Waals surface area contributed by atoms with Gasteiger partial charge in [-0.1, -0.05) is 30.3 Å². The number of benzene rings is 1. The second kappa shape index (κ2) is 4.19. The summed E-state index contributed by atoms with van der Waals surface area (Å²) in [6.07, 6.45) is 0. The number of H-pyrrole nitrogens is 1. The fourth-order valence-electron chi connectivity index (χ4n) is 1.90. The van der Waals surface area contributed by atoms with Crippen LogP contribution in [0.4, 0.5) is 0 Å². The van der Waals surface area contributed by atoms with Crippen LogP contribution in [0.15, 0.2) is 40.5 Å². The molecule has 3 rings (SSSR count). The van der Waals surface area contributed by atoms with Crippen LogP contribution in [0, 0.1) is 4.77 Å². The standard InChI is InChI=1S/C13H10N2OS2/c1-15-12(16)11-10(14-13(15)17)9(7-18-11)8-5-3-2-4-6-8/h2-7H,1H3,(H,14,17). The molecule has 0 atom stereocenters. The Labute approximate surface area is 112 Å². The average Bonchev–Trinajstić information content (AvgIpc) is 2.81. The monoisotopic (exact) mass is 274 g/mol. The van der Waals surface area contributed by atoms with Crippen LogP contribution in [-0.4, -0.2) is 9.55 Å². The predicted octanol–water partition coefficient (Wildman–Crippen LogP) is 3.32. The van der Waals surface area contributed by atoms with Crippen LogP contribution in [0.3, 0.4) is 0 Å². The van der Waals surface area contributed by atoms with Crippen molar-refractivity contribution in [3.8, 4) is 11.1 Å². The quantitative estimate of drug-likeness (QED) is 0.691. The molecule has 0 aliphatic heterocycles. The second-order valence-corrected chi connectivity index (χ2v) is 5.28. The lowest BCUT2D eigenvalue weighted by Crippen LogP contribution is -2.17. The first-order valence-corrected chi connectivity index (χ1v) is 6.73. The van der Waals surface area contributed by atoms with Crippen molar-refractivity contribution in [2.75, 3.05) is 0 Å². The molecular weight excluding hydrogens is 264 g/mol. The highest BCUT2D eigenvalue weighted by atomic mass is 32.1. The number of fused-ring (bicyclic) bond motifs is 1. The fourth-order valence-corrected chi connectivity index (χ4v) is 3.10. The van der Waals surface area contributed by atoms with E-state index in [2.05, 4.69) is 4.98 Å². The topological polar surface area (TPSA) is 37.8 Å². The molecule has 2 aromatic heterocycles. The molecule has 0 saturated heterocycles. The molecule has 0 aliphatic carbocycles. The summed E-state index contributed by atoms with van der Waals surface area (Å²) in [6, 6.07) is 9.98. The number of aromatic amines is 1. The van der Waals surface area contributed by atoms with Gasteiger partial charge < -0.3 is 4.98 Å². The number of thiophene rings is 1. The van der Waals surface area contributed by atoms with Gasteiger partial charge in [0.1, 0.15) is 4.70 Å². The highest BCUT2D eigenvalue weighted by Gasteiger charge is 2.10. The van der Waals surface area contributed by atoms with Crippen LogP contribution in [0.1, 0.15) is 0 Å². The van der Waals surface area contributed by atoms with Crippen molar-refractivity contribution in [2.45, 2.75) is 0 Å². The molecule has 2 heterocycles. The summed E-state index contributed by atoms with van der Waals surface area (Å²) in [7, 11) is 1.68. The lowest BCUT2D eigenvalue weighted by Gasteiger charge is -2.01. The summed E-state index contributed by atoms with van der Waals surface area (Å²) in [4.78, 5) is 15.2. The molecular formula is C13H10N2OS2. The molecule has 18 heavy (non-hydrogen) atoms. The van der Waals surface area contributed by atoms with Gasteiger partial charge in [-0.25, -0.2) is 0 Å². The van der Waals surface area contributed by atoms with Gasteiger partial charge in [0.15, 0.2) is 4.77 Å². The molecule has 1 aromatic carbocycles. The van der Waals surface area contributed by atoms with E-state index in [1.807, 2.05) is 35.7 Å². The second-order valence-electron chi connectivity index (χ2n) is 4.01. The Balaban J connectivity index is 2.41. The van der Waals surface area contributed by atoms with Crippen LogP contribution in [0.25, 0.3) is 21.3 Å². The smallest absolute Gasteiger partial charge is 0.272 e. The van der Waals surface area contributed by atoms with E-state index in [1.54, 1.807) is 7.05 Å². The number of hydrogen-bond acceptors (Lipinski definition) is 3. The van der Waals surface area contributed by atoms with E-state index in [0.29, 0.717) is 9.47 Å². The van der Waals surface area contributed by atoms with E-state index in [9.17, 15) is 4.79 Å². The maximum atomic E-state index is 12.1. The minimum atomic E-state index is -0.0408. The van der Waals surface area contributed by atoms with Crippen LogP contribution >= 0.6 is 23.6 Å². The van der Waals surface area contributed by atoms with E-state index in [4.69, 9.17) is 12.2 Å². The van der Waals surface area contributed by atoms with E-state index in [1.165, 1.54) is 15.9 Å². The zero-order valence-electron chi connectivity index (χ0n) is 9.64. The third-order valence-electron chi connectivity index (χ3n) is 2.91. The molecule has 0 unspecified atom stereocenters. The first-order valence-electron chi connectivity index (χ1n) is 5.44. The Morgan fingerprint density at radius 2 is 2.00 bits per heavy atom. The maximum Gasteiger partial charge on any atom is 0.272 e. The van der Waals surface area contributed by atoms with Gasteiger partial charge in [-0.3, -0.25) is 9.36 Å². The zero-order valence-corrected chi connectivity index (χ0v) is 11.3. The van der Waals surface area contributed by atoms with Crippen molar-refractivity contribution in [3.63, 3.8) is 0 Å². The van der Waals surface area contributed by atoms with Crippen molar-refractivity contribution >= 4 is 33.8 Å². The number of aromatic nitrogens is 2. The summed E-state index contributed by atoms with van der Waals surface area (Å²) < 4.78 is 2.62. The summed E-state index contributed by atoms with van der Waals surface area (Å²) in [6.45, 7) is 0. The molecule has 0 amide bonds. The minimum absolute atomic E-state index is 0.0408. The number of nitrogens with zero attached hydrogens (tertiary/aromatic N) is 1. The largest absolute Gasteiger partial charge is 0.330 e. The van der Waals surface area contributed by atoms with E-state index in [0.717, 1.165) is 16.6 Å². The van der Waals surface area contributed by atoms with Gasteiger partial charge in [0.05, 0.1) is 5.52 Å². The maximum absolute atomic E-state index is 12.1. The van der Waals surface area contributed by atoms with Crippen LogP contribution in [0.2, 0.25) is 0 Å². The first kappa shape index (κ1) is 11.4. The number of rotatable bonds is 1. The van der Waals surface area contributed by atoms with Gasteiger partial charge in [-0.05, 0) is 17.8 Å². The van der Waals surface area contributed by atoms with Crippen molar-refractivity contribution in [1.82, 2.24) is 9.55 Å². The van der Waals surface area contributed by atoms with Gasteiger partial charge in [0.2, 0.25) is 0 Å². The molecule has 1 N–H and O–H groups in total. The molecule has 5 heteroatoms. The minimum Gasteiger partial charge on any atom is -0.330 e. The van der Waals surface area contributed by atoms with Crippen LogP contribution < -0.4 is 5.56 Å². The Hall–Kier alpha value is -1.72. The van der Waals surface area contributed by atoms with Gasteiger partial charge in [0.25, 0.3) is 5.56 Å². The normalized spacial score (nSPS) is 10.9. The summed E-state index contributed by atoms with van der Waals surface area (Å²) in [5.74, 6) is 0. The molecule has 0 fully saturated rings. The highest BCUT2D eigenvalue weighted by molar-refractivity contribution is 7.71. The Kier molecular flexibility index (Phi) is 2.65. The SMILES string of the molecule is Cn1c(=S)[nH]c2c(-c3ccccc3)csc2c1=O. The summed E-state index contributed by atoms with van der Waals surface area (Å²) in [5.41, 5.74) is 2.90. The van der Waals surface area contributed by atoms with Crippen molar-refractivity contribution in [3.05, 3.63) is 50.8 Å². The van der Waals surface area contributed by atoms with Crippen molar-refractivity contribution in [2.24, 2.45) is 7.05 Å². The molecule has 0 bridgehead atoms. The molecule has 0 saturated carbocycles. The third-order valence-corrected chi connectivity index (χ3v) is 4.26. The molecule has 0 radical (unpaired) electrons. The van der Waals surface area contributed by atoms with E-state index >= 15 is 0 Å². The lowest BCUT2D eigenvalue weighted by molar-refractivity contribution is 0.826. The zero-order chi connectivity index (χ0) is 12.7. The van der Waals surface area contributed by atoms with Crippen LogP contribution in [-0.2, 0) is 7.05 Å². The molecule has 90 valence electrons. The van der Waals surface area contributed by atoms with Gasteiger partial charge >= 0.3 is 0 Å². The van der Waals surface area contributed by atoms with Crippen LogP contribution in [0.5, 0.6) is 0 Å². The Bertz CT molecular complexity index is 828. The molecule has 0 aliphatic rings. The van der Waals surface area contributed by atoms with E-state index in [-0.39, 0.29) is 5.56 Å². The number of hydrogen-bond donors (Lipinski definition) is 1. The van der Waals surface area contributed by atoms with Crippen molar-refractivity contribution in [1.29, 1.82) is 0 Å². The predicted molar refractivity (Wildman–Crippen MR) is 77.7 cm³/mol. The van der Waals surface area contributed by atoms with E-state index < -0.39 is 0 Å². The Morgan fingerprint density at radius 1 is 1.28 bits per heavy atom. The summed E-state index contributed by atoms with van der Waals surface area (Å²) >= 11 is 6.60. The average molecular weight is 274 g/mol. The van der Waals surface area contributed by atoms with Gasteiger partial charge in [-0.15, -0.1) is 11.3 Å². The highest BCUT2D eigenvalue weighted by Crippen LogP contribution is 2.30. The summed E-state index contributed by atoms with van der Waals surface area (Å²) in [5, 5.41) is 1.99. The third kappa shape index (κ3) is 1.63. The molecule has 3 nitrogen and oxygen atoms in total. The lowest BCUT2D eigenvalue weighted by atomic mass is 10.1. The van der Waals surface area contributed by atoms with Gasteiger partial charge in [0, 0.05) is 18.0 Å². The van der Waals surface area contributed by atoms with Crippen molar-refractivity contribution < 1.29 is 0 Å². The van der Waals surface area contributed by atoms with Gasteiger partial charge in [-0.2, -0.15) is 0 Å². The number of nitrogens with one attached hydrogen (secondary N) is 1. The fraction of sp³-hybridized carbons (Fsp3) is 0.0769. The first-order chi connectivity index (χ1) is 8.68. The molecule has 3 aromatic rings. The Morgan fingerprint density at radius 3 is 2.72 bits per heavy atom.